The molecule has 0 saturated carbocycles. The molecule has 2 atom stereocenters. The second-order valence-corrected chi connectivity index (χ2v) is 12.9. The van der Waals surface area contributed by atoms with E-state index in [-0.39, 0.29) is 23.5 Å². The fraction of sp³-hybridized carbons (Fsp3) is 0.333. The van der Waals surface area contributed by atoms with Crippen molar-refractivity contribution >= 4 is 45.1 Å². The fourth-order valence-corrected chi connectivity index (χ4v) is 8.22. The number of pyridine rings is 1. The third-order valence-corrected chi connectivity index (χ3v) is 10.3. The second kappa shape index (κ2) is 10.5. The third kappa shape index (κ3) is 4.46. The van der Waals surface area contributed by atoms with Crippen LogP contribution in [0.25, 0.3) is 33.3 Å². The summed E-state index contributed by atoms with van der Waals surface area (Å²) >= 11 is 1.89. The van der Waals surface area contributed by atoms with Crippen molar-refractivity contribution < 1.29 is 4.39 Å². The predicted octanol–water partition coefficient (Wildman–Crippen LogP) is 6.01. The minimum absolute atomic E-state index is 0.0582. The Labute approximate surface area is 247 Å². The summed E-state index contributed by atoms with van der Waals surface area (Å²) in [5.74, 6) is 2.54. The number of H-pyrrole nitrogens is 2. The van der Waals surface area contributed by atoms with Crippen LogP contribution in [0.2, 0.25) is 0 Å². The van der Waals surface area contributed by atoms with E-state index in [1.807, 2.05) is 60.3 Å². The first-order chi connectivity index (χ1) is 20.6. The molecular weight excluding hydrogens is 547 g/mol. The molecule has 1 unspecified atom stereocenters. The number of imidazole rings is 1. The first kappa shape index (κ1) is 25.9. The van der Waals surface area contributed by atoms with Crippen molar-refractivity contribution in [3.05, 3.63) is 88.5 Å². The molecule has 3 N–H and O–H groups in total. The molecule has 4 aliphatic heterocycles. The van der Waals surface area contributed by atoms with Crippen molar-refractivity contribution in [3.8, 4) is 11.4 Å². The van der Waals surface area contributed by atoms with E-state index in [0.29, 0.717) is 39.6 Å². The van der Waals surface area contributed by atoms with Crippen LogP contribution in [-0.4, -0.2) is 63.6 Å². The van der Waals surface area contributed by atoms with Crippen LogP contribution in [0.3, 0.4) is 0 Å². The Kier molecular flexibility index (Phi) is 6.45. The van der Waals surface area contributed by atoms with Crippen molar-refractivity contribution in [1.29, 1.82) is 0 Å². The van der Waals surface area contributed by atoms with Gasteiger partial charge in [-0.1, -0.05) is 42.5 Å². The summed E-state index contributed by atoms with van der Waals surface area (Å²) in [6.45, 7) is 3.89. The lowest BCUT2D eigenvalue weighted by Gasteiger charge is -2.45. The Morgan fingerprint density at radius 1 is 0.952 bits per heavy atom. The number of hydrogen-bond donors (Lipinski definition) is 3. The Morgan fingerprint density at radius 3 is 2.55 bits per heavy atom. The summed E-state index contributed by atoms with van der Waals surface area (Å²) in [6, 6.07) is 21.7. The number of nitrogens with one attached hydrogen (secondary N) is 3. The lowest BCUT2D eigenvalue weighted by Crippen LogP contribution is -2.53. The van der Waals surface area contributed by atoms with E-state index in [2.05, 4.69) is 37.2 Å². The number of hydrogen-bond acceptors (Lipinski definition) is 6. The van der Waals surface area contributed by atoms with Gasteiger partial charge in [-0.15, -0.1) is 0 Å². The number of rotatable bonds is 5. The molecule has 4 aliphatic rings. The fourth-order valence-electron chi connectivity index (χ4n) is 7.13. The number of aromatic amines is 2. The number of thioether (sulfide) groups is 1. The monoisotopic (exact) mass is 580 g/mol. The molecule has 3 aromatic carbocycles. The SMILES string of the molecule is O=c1[nH]c2cc(N3CCSCC3c3ccccc3)c(F)cc2c(N[C@H]2CN3CCC2CC3)c1-c1nc2ccccc2[nH]1. The van der Waals surface area contributed by atoms with Gasteiger partial charge in [0, 0.05) is 36.0 Å². The van der Waals surface area contributed by atoms with E-state index >= 15 is 4.39 Å². The molecule has 0 radical (unpaired) electrons. The molecule has 42 heavy (non-hydrogen) atoms. The smallest absolute Gasteiger partial charge is 0.261 e. The minimum Gasteiger partial charge on any atom is -0.379 e. The van der Waals surface area contributed by atoms with Gasteiger partial charge in [-0.25, -0.2) is 9.37 Å². The molecule has 0 amide bonds. The van der Waals surface area contributed by atoms with E-state index < -0.39 is 0 Å². The summed E-state index contributed by atoms with van der Waals surface area (Å²) in [7, 11) is 0. The van der Waals surface area contributed by atoms with Crippen LogP contribution in [-0.2, 0) is 0 Å². The van der Waals surface area contributed by atoms with Crippen LogP contribution in [0, 0.1) is 11.7 Å². The maximum Gasteiger partial charge on any atom is 0.261 e. The zero-order chi connectivity index (χ0) is 28.2. The highest BCUT2D eigenvalue weighted by atomic mass is 32.2. The first-order valence-corrected chi connectivity index (χ1v) is 16.0. The molecule has 0 aliphatic carbocycles. The van der Waals surface area contributed by atoms with Crippen molar-refractivity contribution in [2.45, 2.75) is 24.9 Å². The molecule has 7 nitrogen and oxygen atoms in total. The first-order valence-electron chi connectivity index (χ1n) is 14.9. The average molecular weight is 581 g/mol. The van der Waals surface area contributed by atoms with Gasteiger partial charge in [0.2, 0.25) is 0 Å². The number of halogens is 1. The van der Waals surface area contributed by atoms with Crippen LogP contribution in [0.1, 0.15) is 24.4 Å². The maximum absolute atomic E-state index is 16.3. The van der Waals surface area contributed by atoms with Crippen molar-refractivity contribution in [2.75, 3.05) is 47.9 Å². The molecular formula is C33H33FN6OS. The number of fused-ring (bicyclic) bond motifs is 5. The number of para-hydroxylation sites is 2. The molecule has 5 aromatic rings. The van der Waals surface area contributed by atoms with Crippen LogP contribution < -0.4 is 15.8 Å². The number of nitrogens with zero attached hydrogens (tertiary/aromatic N) is 3. The highest BCUT2D eigenvalue weighted by Gasteiger charge is 2.35. The highest BCUT2D eigenvalue weighted by molar-refractivity contribution is 7.99. The standard InChI is InChI=1S/C33H33FN6OS/c34-23-16-22-26(17-28(23)40-14-15-42-19-29(40)21-6-2-1-3-7-21)38-33(41)30(32-36-24-8-4-5-9-25(24)37-32)31(22)35-27-18-39-12-10-20(27)11-13-39/h1-9,16-17,20,27,29H,10-15,18-19H2,(H,36,37)(H2,35,38,41)/t27-,29?/m0/s1. The number of anilines is 2. The largest absolute Gasteiger partial charge is 0.379 e. The Hall–Kier alpha value is -3.82. The normalized spacial score (nSPS) is 24.0. The van der Waals surface area contributed by atoms with Gasteiger partial charge >= 0.3 is 0 Å². The molecule has 0 spiro atoms. The van der Waals surface area contributed by atoms with Crippen LogP contribution >= 0.6 is 11.8 Å². The summed E-state index contributed by atoms with van der Waals surface area (Å²) in [5, 5.41) is 4.43. The average Bonchev–Trinajstić information content (AvgIpc) is 3.46. The van der Waals surface area contributed by atoms with Gasteiger partial charge in [0.25, 0.3) is 5.56 Å². The third-order valence-electron chi connectivity index (χ3n) is 9.32. The Morgan fingerprint density at radius 2 is 1.76 bits per heavy atom. The number of piperidine rings is 3. The van der Waals surface area contributed by atoms with Gasteiger partial charge in [0.05, 0.1) is 34.0 Å². The molecule has 9 rings (SSSR count). The van der Waals surface area contributed by atoms with E-state index in [9.17, 15) is 4.79 Å². The zero-order valence-electron chi connectivity index (χ0n) is 23.3. The van der Waals surface area contributed by atoms with Gasteiger partial charge in [-0.3, -0.25) is 4.79 Å². The summed E-state index contributed by atoms with van der Waals surface area (Å²) < 4.78 is 16.3. The lowest BCUT2D eigenvalue weighted by molar-refractivity contribution is 0.0976. The Bertz CT molecular complexity index is 1800. The molecule has 4 saturated heterocycles. The number of benzene rings is 3. The van der Waals surface area contributed by atoms with Crippen LogP contribution in [0.4, 0.5) is 15.8 Å². The Balaban J connectivity index is 1.28. The van der Waals surface area contributed by atoms with Crippen molar-refractivity contribution in [1.82, 2.24) is 19.9 Å². The summed E-state index contributed by atoms with van der Waals surface area (Å²) in [4.78, 5) is 29.8. The predicted molar refractivity (Wildman–Crippen MR) is 170 cm³/mol. The second-order valence-electron chi connectivity index (χ2n) is 11.7. The van der Waals surface area contributed by atoms with Crippen molar-refractivity contribution in [3.63, 3.8) is 0 Å². The quantitative estimate of drug-likeness (QED) is 0.236. The number of aromatic nitrogens is 3. The molecule has 9 heteroatoms. The molecule has 2 aromatic heterocycles. The van der Waals surface area contributed by atoms with E-state index in [0.717, 1.165) is 61.6 Å². The summed E-state index contributed by atoms with van der Waals surface area (Å²) in [5.41, 5.74) is 4.82. The van der Waals surface area contributed by atoms with Gasteiger partial charge in [0.1, 0.15) is 17.2 Å². The minimum atomic E-state index is -0.282. The van der Waals surface area contributed by atoms with E-state index in [1.165, 1.54) is 5.56 Å². The van der Waals surface area contributed by atoms with Gasteiger partial charge < -0.3 is 25.1 Å². The van der Waals surface area contributed by atoms with Crippen LogP contribution in [0.15, 0.2) is 71.5 Å². The molecule has 214 valence electrons. The van der Waals surface area contributed by atoms with Crippen molar-refractivity contribution in [2.24, 2.45) is 5.92 Å². The van der Waals surface area contributed by atoms with E-state index in [4.69, 9.17) is 4.98 Å². The molecule has 6 heterocycles. The van der Waals surface area contributed by atoms with E-state index in [1.54, 1.807) is 6.07 Å². The summed E-state index contributed by atoms with van der Waals surface area (Å²) in [6.07, 6.45) is 2.26. The zero-order valence-corrected chi connectivity index (χ0v) is 24.1. The maximum atomic E-state index is 16.3. The van der Waals surface area contributed by atoms with Crippen LogP contribution in [0.5, 0.6) is 0 Å². The van der Waals surface area contributed by atoms with Gasteiger partial charge in [0.15, 0.2) is 0 Å². The van der Waals surface area contributed by atoms with Gasteiger partial charge in [-0.2, -0.15) is 11.8 Å². The topological polar surface area (TPSA) is 80.1 Å². The lowest BCUT2D eigenvalue weighted by atomic mass is 9.83. The highest BCUT2D eigenvalue weighted by Crippen LogP contribution is 2.40. The van der Waals surface area contributed by atoms with Gasteiger partial charge in [-0.05, 0) is 61.7 Å². The molecule has 4 fully saturated rings. The molecule has 2 bridgehead atoms.